The first-order chi connectivity index (χ1) is 21.3. The quantitative estimate of drug-likeness (QED) is 0.374. The average molecular weight is 609 g/mol. The molecule has 236 valence electrons. The SMILES string of the molecule is COC(=O)[C@H]1C2CC3c4[nH]c5cc(OC)ccc5c4CCN3CC2CC(OC(=O)c2cc(OC)c(OC)c(OC)c2)C1OC. The molecule has 2 aromatic carbocycles. The molecule has 0 spiro atoms. The molecule has 2 aliphatic heterocycles. The molecule has 0 bridgehead atoms. The smallest absolute Gasteiger partial charge is 0.338 e. The van der Waals surface area contributed by atoms with Gasteiger partial charge in [0.2, 0.25) is 5.75 Å². The second-order valence-electron chi connectivity index (χ2n) is 11.7. The number of hydrogen-bond donors (Lipinski definition) is 1. The number of nitrogens with zero attached hydrogens (tertiary/aromatic N) is 1. The highest BCUT2D eigenvalue weighted by atomic mass is 16.6. The van der Waals surface area contributed by atoms with Crippen LogP contribution in [0.2, 0.25) is 0 Å². The van der Waals surface area contributed by atoms with Gasteiger partial charge in [-0.2, -0.15) is 0 Å². The summed E-state index contributed by atoms with van der Waals surface area (Å²) in [5.41, 5.74) is 3.83. The standard InChI is InChI=1S/C33H40N2O9/c1-38-19-7-8-20-21-9-10-35-16-18-13-27(44-32(36)17-11-25(39-2)30(41-4)26(12-17)40-3)31(42-5)28(33(37)43-6)22(18)15-24(35)29(21)34-23(20)14-19/h7-8,11-12,14,18,22,24,27-28,31,34H,9-10,13,15-16H2,1-6H3/t18?,22?,24?,27?,28-,31?/m0/s1. The highest BCUT2D eigenvalue weighted by Gasteiger charge is 2.54. The molecule has 3 heterocycles. The van der Waals surface area contributed by atoms with Crippen molar-refractivity contribution in [1.82, 2.24) is 9.88 Å². The van der Waals surface area contributed by atoms with Gasteiger partial charge in [-0.3, -0.25) is 9.69 Å². The topological polar surface area (TPSA) is 118 Å². The predicted octanol–water partition coefficient (Wildman–Crippen LogP) is 4.17. The van der Waals surface area contributed by atoms with E-state index in [-0.39, 0.29) is 29.4 Å². The molecule has 6 atom stereocenters. The van der Waals surface area contributed by atoms with Crippen LogP contribution in [0.4, 0.5) is 0 Å². The van der Waals surface area contributed by atoms with Crippen molar-refractivity contribution in [2.24, 2.45) is 17.8 Å². The Morgan fingerprint density at radius 1 is 0.909 bits per heavy atom. The molecule has 44 heavy (non-hydrogen) atoms. The predicted molar refractivity (Wildman–Crippen MR) is 161 cm³/mol. The van der Waals surface area contributed by atoms with Crippen LogP contribution in [0.5, 0.6) is 23.0 Å². The van der Waals surface area contributed by atoms with Gasteiger partial charge in [0.05, 0.1) is 53.1 Å². The number of ether oxygens (including phenoxy) is 7. The van der Waals surface area contributed by atoms with Crippen molar-refractivity contribution in [3.05, 3.63) is 47.2 Å². The van der Waals surface area contributed by atoms with E-state index in [1.165, 1.54) is 45.1 Å². The van der Waals surface area contributed by atoms with E-state index in [9.17, 15) is 9.59 Å². The normalized spacial score (nSPS) is 26.1. The summed E-state index contributed by atoms with van der Waals surface area (Å²) in [7, 11) is 9.10. The van der Waals surface area contributed by atoms with Crippen LogP contribution in [0.25, 0.3) is 10.9 Å². The number of benzene rings is 2. The van der Waals surface area contributed by atoms with E-state index < -0.39 is 24.1 Å². The van der Waals surface area contributed by atoms with Gasteiger partial charge >= 0.3 is 11.9 Å². The maximum absolute atomic E-state index is 13.5. The zero-order valence-corrected chi connectivity index (χ0v) is 26.0. The first kappa shape index (κ1) is 30.1. The molecule has 2 fully saturated rings. The summed E-state index contributed by atoms with van der Waals surface area (Å²) in [6, 6.07) is 9.40. The summed E-state index contributed by atoms with van der Waals surface area (Å²) >= 11 is 0. The van der Waals surface area contributed by atoms with Gasteiger partial charge in [0, 0.05) is 42.9 Å². The van der Waals surface area contributed by atoms with Crippen LogP contribution < -0.4 is 18.9 Å². The van der Waals surface area contributed by atoms with E-state index in [2.05, 4.69) is 16.0 Å². The summed E-state index contributed by atoms with van der Waals surface area (Å²) in [6.07, 6.45) is 0.920. The lowest BCUT2D eigenvalue weighted by atomic mass is 9.63. The van der Waals surface area contributed by atoms with E-state index in [4.69, 9.17) is 33.2 Å². The van der Waals surface area contributed by atoms with Gasteiger partial charge in [0.15, 0.2) is 11.5 Å². The van der Waals surface area contributed by atoms with E-state index >= 15 is 0 Å². The molecule has 0 amide bonds. The molecule has 1 saturated carbocycles. The Hall–Kier alpha value is -3.96. The molecule has 5 unspecified atom stereocenters. The lowest BCUT2D eigenvalue weighted by Crippen LogP contribution is -2.58. The third-order valence-corrected chi connectivity index (χ3v) is 9.76. The van der Waals surface area contributed by atoms with E-state index in [1.807, 2.05) is 12.1 Å². The third kappa shape index (κ3) is 5.01. The molecule has 3 aliphatic rings. The minimum absolute atomic E-state index is 0.0170. The number of rotatable bonds is 8. The van der Waals surface area contributed by atoms with Crippen molar-refractivity contribution in [3.63, 3.8) is 0 Å². The van der Waals surface area contributed by atoms with Crippen LogP contribution >= 0.6 is 0 Å². The Morgan fingerprint density at radius 3 is 2.30 bits per heavy atom. The summed E-state index contributed by atoms with van der Waals surface area (Å²) in [4.78, 5) is 33.1. The number of carbonyl (C=O) groups is 2. The lowest BCUT2D eigenvalue weighted by Gasteiger charge is -2.52. The lowest BCUT2D eigenvalue weighted by molar-refractivity contribution is -0.176. The Bertz CT molecular complexity index is 1530. The van der Waals surface area contributed by atoms with Gasteiger partial charge in [-0.05, 0) is 60.9 Å². The van der Waals surface area contributed by atoms with Crippen LogP contribution in [0.3, 0.4) is 0 Å². The fraction of sp³-hybridized carbons (Fsp3) is 0.515. The van der Waals surface area contributed by atoms with Gasteiger partial charge in [0.1, 0.15) is 18.0 Å². The molecule has 6 rings (SSSR count). The zero-order valence-electron chi connectivity index (χ0n) is 26.0. The molecule has 0 radical (unpaired) electrons. The molecule has 11 heteroatoms. The molecule has 1 aliphatic carbocycles. The van der Waals surface area contributed by atoms with Gasteiger partial charge < -0.3 is 38.1 Å². The largest absolute Gasteiger partial charge is 0.497 e. The minimum Gasteiger partial charge on any atom is -0.497 e. The van der Waals surface area contributed by atoms with E-state index in [0.717, 1.165) is 37.2 Å². The molecular formula is C33H40N2O9. The summed E-state index contributed by atoms with van der Waals surface area (Å²) in [6.45, 7) is 1.68. The number of carbonyl (C=O) groups excluding carboxylic acids is 2. The second kappa shape index (κ2) is 12.2. The molecular weight excluding hydrogens is 568 g/mol. The Kier molecular flexibility index (Phi) is 8.34. The Morgan fingerprint density at radius 2 is 1.66 bits per heavy atom. The summed E-state index contributed by atoms with van der Waals surface area (Å²) in [5.74, 6) is 0.441. The second-order valence-corrected chi connectivity index (χ2v) is 11.7. The summed E-state index contributed by atoms with van der Waals surface area (Å²) in [5, 5.41) is 1.21. The van der Waals surface area contributed by atoms with Crippen LogP contribution in [-0.2, 0) is 25.4 Å². The van der Waals surface area contributed by atoms with E-state index in [0.29, 0.717) is 23.7 Å². The number of hydrogen-bond acceptors (Lipinski definition) is 10. The van der Waals surface area contributed by atoms with Crippen LogP contribution in [0, 0.1) is 17.8 Å². The van der Waals surface area contributed by atoms with Crippen LogP contribution in [0.1, 0.15) is 40.5 Å². The fourth-order valence-electron chi connectivity index (χ4n) is 7.76. The van der Waals surface area contributed by atoms with Gasteiger partial charge in [-0.15, -0.1) is 0 Å². The van der Waals surface area contributed by atoms with Gasteiger partial charge in [0.25, 0.3) is 0 Å². The Labute approximate surface area is 256 Å². The zero-order chi connectivity index (χ0) is 31.1. The minimum atomic E-state index is -0.670. The number of aromatic nitrogens is 1. The van der Waals surface area contributed by atoms with Crippen LogP contribution in [0.15, 0.2) is 30.3 Å². The van der Waals surface area contributed by atoms with Crippen molar-refractivity contribution >= 4 is 22.8 Å². The molecule has 1 N–H and O–H groups in total. The van der Waals surface area contributed by atoms with Crippen molar-refractivity contribution in [2.45, 2.75) is 37.5 Å². The van der Waals surface area contributed by atoms with Crippen molar-refractivity contribution in [3.8, 4) is 23.0 Å². The molecule has 1 aromatic heterocycles. The van der Waals surface area contributed by atoms with Gasteiger partial charge in [-0.1, -0.05) is 0 Å². The molecule has 11 nitrogen and oxygen atoms in total. The highest BCUT2D eigenvalue weighted by molar-refractivity contribution is 5.91. The monoisotopic (exact) mass is 608 g/mol. The number of esters is 2. The number of fused-ring (bicyclic) bond motifs is 6. The van der Waals surface area contributed by atoms with Crippen molar-refractivity contribution in [1.29, 1.82) is 0 Å². The van der Waals surface area contributed by atoms with Crippen molar-refractivity contribution in [2.75, 3.05) is 55.7 Å². The number of nitrogens with one attached hydrogen (secondary N) is 1. The highest BCUT2D eigenvalue weighted by Crippen LogP contribution is 2.51. The maximum atomic E-state index is 13.5. The first-order valence-electron chi connectivity index (χ1n) is 14.9. The Balaban J connectivity index is 1.29. The molecule has 3 aromatic rings. The number of methoxy groups -OCH3 is 6. The first-order valence-corrected chi connectivity index (χ1v) is 14.9. The third-order valence-electron chi connectivity index (χ3n) is 9.76. The number of aromatic amines is 1. The average Bonchev–Trinajstić information content (AvgIpc) is 3.43. The van der Waals surface area contributed by atoms with Gasteiger partial charge in [-0.25, -0.2) is 4.79 Å². The van der Waals surface area contributed by atoms with E-state index in [1.54, 1.807) is 26.4 Å². The summed E-state index contributed by atoms with van der Waals surface area (Å²) < 4.78 is 39.1. The van der Waals surface area contributed by atoms with Crippen molar-refractivity contribution < 1.29 is 42.7 Å². The molecule has 1 saturated heterocycles. The number of H-pyrrole nitrogens is 1. The maximum Gasteiger partial charge on any atom is 0.338 e. The van der Waals surface area contributed by atoms with Crippen LogP contribution in [-0.4, -0.2) is 89.8 Å². The fourth-order valence-corrected chi connectivity index (χ4v) is 7.76. The number of piperidine rings is 1.